The number of ether oxygens (including phenoxy) is 1. The summed E-state index contributed by atoms with van der Waals surface area (Å²) in [6.45, 7) is 5.83. The topological polar surface area (TPSA) is 51.0 Å². The monoisotopic (exact) mass is 264 g/mol. The van der Waals surface area contributed by atoms with E-state index in [0.717, 1.165) is 5.71 Å². The van der Waals surface area contributed by atoms with Crippen molar-refractivity contribution in [2.45, 2.75) is 20.8 Å². The van der Waals surface area contributed by atoms with E-state index in [2.05, 4.69) is 14.7 Å². The van der Waals surface area contributed by atoms with Crippen LogP contribution in [0.2, 0.25) is 0 Å². The van der Waals surface area contributed by atoms with Gasteiger partial charge in [0.25, 0.3) is 0 Å². The third kappa shape index (κ3) is 3.71. The van der Waals surface area contributed by atoms with Crippen LogP contribution >= 0.6 is 0 Å². The van der Waals surface area contributed by atoms with Crippen molar-refractivity contribution in [3.63, 3.8) is 0 Å². The molecule has 1 aromatic rings. The van der Waals surface area contributed by atoms with E-state index in [-0.39, 0.29) is 17.0 Å². The lowest BCUT2D eigenvalue weighted by Gasteiger charge is -2.09. The summed E-state index contributed by atoms with van der Waals surface area (Å²) in [5, 5.41) is 0. The number of aliphatic imine (C=N–C) groups is 2. The third-order valence-electron chi connectivity index (χ3n) is 2.28. The first-order chi connectivity index (χ1) is 9.01. The van der Waals surface area contributed by atoms with E-state index in [4.69, 9.17) is 0 Å². The number of esters is 1. The molecule has 19 heavy (non-hydrogen) atoms. The fourth-order valence-electron chi connectivity index (χ4n) is 1.56. The summed E-state index contributed by atoms with van der Waals surface area (Å²) in [7, 11) is 1.25. The number of nitrogens with zero attached hydrogens (tertiary/aromatic N) is 2. The summed E-state index contributed by atoms with van der Waals surface area (Å²) in [5.41, 5.74) is 0.934. The maximum absolute atomic E-state index is 14.0. The third-order valence-corrected chi connectivity index (χ3v) is 2.28. The highest BCUT2D eigenvalue weighted by molar-refractivity contribution is 6.11. The average molecular weight is 264 g/mol. The molecule has 0 N–H and O–H groups in total. The van der Waals surface area contributed by atoms with E-state index in [1.165, 1.54) is 25.3 Å². The summed E-state index contributed by atoms with van der Waals surface area (Å²) < 4.78 is 18.7. The van der Waals surface area contributed by atoms with Crippen molar-refractivity contribution >= 4 is 17.5 Å². The van der Waals surface area contributed by atoms with Gasteiger partial charge in [-0.25, -0.2) is 14.2 Å². The van der Waals surface area contributed by atoms with Gasteiger partial charge in [-0.3, -0.25) is 4.99 Å². The molecule has 0 fully saturated rings. The molecule has 0 heterocycles. The second-order valence-corrected chi connectivity index (χ2v) is 4.01. The molecule has 0 saturated heterocycles. The standard InChI is InChI=1S/C14H17FN2O2/c1-5-16-13(17-9(2)3)12-10(14(18)19-4)7-6-8-11(12)15/h6-8H,5H2,1-4H3/b16-13-. The molecule has 0 aliphatic rings. The van der Waals surface area contributed by atoms with Crippen LogP contribution in [0.3, 0.4) is 0 Å². The first-order valence-electron chi connectivity index (χ1n) is 5.94. The van der Waals surface area contributed by atoms with Crippen LogP contribution in [0, 0.1) is 5.82 Å². The van der Waals surface area contributed by atoms with E-state index in [9.17, 15) is 9.18 Å². The Hall–Kier alpha value is -2.04. The van der Waals surface area contributed by atoms with Gasteiger partial charge >= 0.3 is 5.97 Å². The molecule has 0 spiro atoms. The number of hydrogen-bond acceptors (Lipinski definition) is 3. The number of methoxy groups -OCH3 is 1. The average Bonchev–Trinajstić information content (AvgIpc) is 2.36. The van der Waals surface area contributed by atoms with Gasteiger partial charge in [0.2, 0.25) is 0 Å². The molecule has 0 aliphatic carbocycles. The summed E-state index contributed by atoms with van der Waals surface area (Å²) in [5.74, 6) is -0.941. The zero-order chi connectivity index (χ0) is 14.4. The van der Waals surface area contributed by atoms with E-state index in [1.54, 1.807) is 13.8 Å². The highest BCUT2D eigenvalue weighted by atomic mass is 19.1. The van der Waals surface area contributed by atoms with E-state index >= 15 is 0 Å². The molecule has 0 bridgehead atoms. The molecule has 5 heteroatoms. The molecule has 0 aliphatic heterocycles. The molecule has 0 radical (unpaired) electrons. The van der Waals surface area contributed by atoms with Gasteiger partial charge in [-0.1, -0.05) is 6.07 Å². The van der Waals surface area contributed by atoms with Crippen molar-refractivity contribution in [2.24, 2.45) is 9.98 Å². The van der Waals surface area contributed by atoms with Crippen LogP contribution in [-0.4, -0.2) is 31.2 Å². The molecule has 0 amide bonds. The van der Waals surface area contributed by atoms with E-state index in [1.807, 2.05) is 6.92 Å². The van der Waals surface area contributed by atoms with Crippen molar-refractivity contribution in [3.8, 4) is 0 Å². The number of carbonyl (C=O) groups excluding carboxylic acids is 1. The smallest absolute Gasteiger partial charge is 0.338 e. The fraction of sp³-hybridized carbons (Fsp3) is 0.357. The number of benzene rings is 1. The molecule has 0 saturated carbocycles. The summed E-state index contributed by atoms with van der Waals surface area (Å²) in [6, 6.07) is 4.22. The SMILES string of the molecule is CC/N=C(\N=C(C)C)c1c(F)cccc1C(=O)OC. The van der Waals surface area contributed by atoms with Crippen LogP contribution in [0.25, 0.3) is 0 Å². The van der Waals surface area contributed by atoms with Crippen LogP contribution in [0.1, 0.15) is 36.7 Å². The Balaban J connectivity index is 3.50. The molecule has 4 nitrogen and oxygen atoms in total. The zero-order valence-electron chi connectivity index (χ0n) is 11.5. The highest BCUT2D eigenvalue weighted by Crippen LogP contribution is 2.17. The molecular weight excluding hydrogens is 247 g/mol. The van der Waals surface area contributed by atoms with Gasteiger partial charge < -0.3 is 4.74 Å². The molecule has 1 rings (SSSR count). The van der Waals surface area contributed by atoms with Crippen LogP contribution < -0.4 is 0 Å². The maximum atomic E-state index is 14.0. The number of halogens is 1. The van der Waals surface area contributed by atoms with Gasteiger partial charge in [-0.2, -0.15) is 0 Å². The van der Waals surface area contributed by atoms with Crippen molar-refractivity contribution in [2.75, 3.05) is 13.7 Å². The minimum absolute atomic E-state index is 0.0809. The Kier molecular flexibility index (Phi) is 5.36. The summed E-state index contributed by atoms with van der Waals surface area (Å²) in [4.78, 5) is 20.0. The quantitative estimate of drug-likeness (QED) is 0.479. The van der Waals surface area contributed by atoms with Gasteiger partial charge in [-0.05, 0) is 32.9 Å². The lowest BCUT2D eigenvalue weighted by atomic mass is 10.1. The van der Waals surface area contributed by atoms with Gasteiger partial charge in [0, 0.05) is 12.3 Å². The number of carbonyl (C=O) groups is 1. The molecule has 1 aromatic carbocycles. The van der Waals surface area contributed by atoms with Gasteiger partial charge in [-0.15, -0.1) is 0 Å². The van der Waals surface area contributed by atoms with Crippen LogP contribution in [0.4, 0.5) is 4.39 Å². The predicted molar refractivity (Wildman–Crippen MR) is 73.6 cm³/mol. The minimum atomic E-state index is -0.609. The summed E-state index contributed by atoms with van der Waals surface area (Å²) >= 11 is 0. The largest absolute Gasteiger partial charge is 0.465 e. The predicted octanol–water partition coefficient (Wildman–Crippen LogP) is 2.86. The Labute approximate surface area is 112 Å². The minimum Gasteiger partial charge on any atom is -0.465 e. The lowest BCUT2D eigenvalue weighted by molar-refractivity contribution is 0.0600. The van der Waals surface area contributed by atoms with Gasteiger partial charge in [0.05, 0.1) is 18.2 Å². The Morgan fingerprint density at radius 3 is 2.58 bits per heavy atom. The van der Waals surface area contributed by atoms with Crippen LogP contribution in [0.5, 0.6) is 0 Å². The van der Waals surface area contributed by atoms with Gasteiger partial charge in [0.15, 0.2) is 5.84 Å². The first-order valence-corrected chi connectivity index (χ1v) is 5.94. The molecule has 102 valence electrons. The number of hydrogen-bond donors (Lipinski definition) is 0. The van der Waals surface area contributed by atoms with Crippen molar-refractivity contribution in [1.82, 2.24) is 0 Å². The Bertz CT molecular complexity index is 532. The molecular formula is C14H17FN2O2. The second kappa shape index (κ2) is 6.78. The van der Waals surface area contributed by atoms with Crippen molar-refractivity contribution < 1.29 is 13.9 Å². The highest BCUT2D eigenvalue weighted by Gasteiger charge is 2.19. The molecule has 0 aromatic heterocycles. The molecule has 0 unspecified atom stereocenters. The van der Waals surface area contributed by atoms with Crippen molar-refractivity contribution in [1.29, 1.82) is 0 Å². The normalized spacial score (nSPS) is 11.1. The van der Waals surface area contributed by atoms with E-state index < -0.39 is 11.8 Å². The summed E-state index contributed by atoms with van der Waals surface area (Å²) in [6.07, 6.45) is 0. The lowest BCUT2D eigenvalue weighted by Crippen LogP contribution is -2.13. The fourth-order valence-corrected chi connectivity index (χ4v) is 1.56. The number of amidine groups is 1. The zero-order valence-corrected chi connectivity index (χ0v) is 11.5. The van der Waals surface area contributed by atoms with Gasteiger partial charge in [0.1, 0.15) is 5.82 Å². The first kappa shape index (κ1) is 15.0. The van der Waals surface area contributed by atoms with Crippen LogP contribution in [0.15, 0.2) is 28.2 Å². The second-order valence-electron chi connectivity index (χ2n) is 4.01. The molecule has 0 atom stereocenters. The maximum Gasteiger partial charge on any atom is 0.338 e. The van der Waals surface area contributed by atoms with E-state index in [0.29, 0.717) is 6.54 Å². The van der Waals surface area contributed by atoms with Crippen LogP contribution in [-0.2, 0) is 4.74 Å². The Morgan fingerprint density at radius 2 is 2.05 bits per heavy atom. The van der Waals surface area contributed by atoms with Crippen molar-refractivity contribution in [3.05, 3.63) is 35.1 Å². The number of rotatable bonds is 3. The Morgan fingerprint density at radius 1 is 1.37 bits per heavy atom.